The summed E-state index contributed by atoms with van der Waals surface area (Å²) in [6.07, 6.45) is 3.19. The van der Waals surface area contributed by atoms with Crippen LogP contribution in [0.25, 0.3) is 0 Å². The largest absolute Gasteiger partial charge is 0.314 e. The van der Waals surface area contributed by atoms with Crippen molar-refractivity contribution in [2.75, 3.05) is 13.1 Å². The quantitative estimate of drug-likeness (QED) is 0.729. The van der Waals surface area contributed by atoms with Gasteiger partial charge in [0.05, 0.1) is 10.5 Å². The molecular weight excluding hydrogens is 262 g/mol. The molecule has 1 aromatic carbocycles. The van der Waals surface area contributed by atoms with Crippen LogP contribution in [0.5, 0.6) is 0 Å². The fraction of sp³-hybridized carbons (Fsp3) is 0.462. The number of benzene rings is 1. The first-order valence-corrected chi connectivity index (χ1v) is 7.84. The van der Waals surface area contributed by atoms with Gasteiger partial charge in [0.25, 0.3) is 0 Å². The second kappa shape index (κ2) is 6.15. The average Bonchev–Trinajstić information content (AvgIpc) is 3.22. The summed E-state index contributed by atoms with van der Waals surface area (Å²) >= 11 is 0. The zero-order chi connectivity index (χ0) is 13.7. The molecule has 5 nitrogen and oxygen atoms in total. The molecule has 0 spiro atoms. The first-order valence-electron chi connectivity index (χ1n) is 6.35. The third-order valence-corrected chi connectivity index (χ3v) is 4.47. The van der Waals surface area contributed by atoms with Gasteiger partial charge in [-0.1, -0.05) is 12.1 Å². The van der Waals surface area contributed by atoms with Gasteiger partial charge in [-0.2, -0.15) is 5.26 Å². The van der Waals surface area contributed by atoms with Gasteiger partial charge in [0.2, 0.25) is 10.0 Å². The minimum atomic E-state index is -3.59. The lowest BCUT2D eigenvalue weighted by molar-refractivity contribution is 0.573. The Morgan fingerprint density at radius 2 is 2.00 bits per heavy atom. The highest BCUT2D eigenvalue weighted by Crippen LogP contribution is 2.18. The number of hydrogen-bond acceptors (Lipinski definition) is 4. The Kier molecular flexibility index (Phi) is 4.53. The maximum Gasteiger partial charge on any atom is 0.241 e. The van der Waals surface area contributed by atoms with Crippen LogP contribution >= 0.6 is 0 Å². The van der Waals surface area contributed by atoms with Crippen LogP contribution in [0.2, 0.25) is 0 Å². The van der Waals surface area contributed by atoms with Crippen LogP contribution in [0.4, 0.5) is 0 Å². The lowest BCUT2D eigenvalue weighted by Gasteiger charge is -2.08. The third-order valence-electron chi connectivity index (χ3n) is 2.95. The molecule has 0 saturated heterocycles. The van der Waals surface area contributed by atoms with Gasteiger partial charge in [-0.3, -0.25) is 0 Å². The van der Waals surface area contributed by atoms with Crippen LogP contribution in [0.15, 0.2) is 29.2 Å². The van der Waals surface area contributed by atoms with Gasteiger partial charge in [-0.05, 0) is 37.9 Å². The van der Waals surface area contributed by atoms with E-state index in [-0.39, 0.29) is 10.5 Å². The molecule has 0 amide bonds. The molecule has 0 bridgehead atoms. The van der Waals surface area contributed by atoms with Crippen molar-refractivity contribution in [3.8, 4) is 6.07 Å². The van der Waals surface area contributed by atoms with Crippen molar-refractivity contribution in [2.45, 2.75) is 30.2 Å². The van der Waals surface area contributed by atoms with E-state index in [1.54, 1.807) is 12.1 Å². The van der Waals surface area contributed by atoms with E-state index in [0.29, 0.717) is 12.6 Å². The summed E-state index contributed by atoms with van der Waals surface area (Å²) in [7, 11) is -3.59. The summed E-state index contributed by atoms with van der Waals surface area (Å²) in [5, 5.41) is 12.2. The maximum absolute atomic E-state index is 12.0. The molecule has 1 saturated carbocycles. The average molecular weight is 279 g/mol. The van der Waals surface area contributed by atoms with Crippen LogP contribution < -0.4 is 10.0 Å². The fourth-order valence-electron chi connectivity index (χ4n) is 1.76. The van der Waals surface area contributed by atoms with E-state index >= 15 is 0 Å². The maximum atomic E-state index is 12.0. The van der Waals surface area contributed by atoms with Crippen LogP contribution in [0.3, 0.4) is 0 Å². The van der Waals surface area contributed by atoms with Crippen LogP contribution in [-0.4, -0.2) is 27.5 Å². The van der Waals surface area contributed by atoms with Crippen LogP contribution in [0, 0.1) is 11.3 Å². The third kappa shape index (κ3) is 4.03. The van der Waals surface area contributed by atoms with Crippen LogP contribution in [-0.2, 0) is 10.0 Å². The van der Waals surface area contributed by atoms with E-state index in [1.165, 1.54) is 25.0 Å². The Bertz CT molecular complexity index is 574. The lowest BCUT2D eigenvalue weighted by Crippen LogP contribution is -2.28. The molecule has 19 heavy (non-hydrogen) atoms. The molecule has 1 fully saturated rings. The van der Waals surface area contributed by atoms with Crippen molar-refractivity contribution >= 4 is 10.0 Å². The molecule has 0 aromatic heterocycles. The molecule has 102 valence electrons. The highest BCUT2D eigenvalue weighted by atomic mass is 32.2. The molecule has 2 N–H and O–H groups in total. The van der Waals surface area contributed by atoms with E-state index in [2.05, 4.69) is 10.0 Å². The van der Waals surface area contributed by atoms with Crippen molar-refractivity contribution in [1.82, 2.24) is 10.0 Å². The van der Waals surface area contributed by atoms with Crippen molar-refractivity contribution in [1.29, 1.82) is 5.26 Å². The standard InChI is InChI=1S/C13H17N3O2S/c14-10-11-4-1-2-5-13(11)19(17,18)16-9-3-8-15-12-6-7-12/h1-2,4-5,12,15-16H,3,6-9H2. The van der Waals surface area contributed by atoms with Gasteiger partial charge in [-0.15, -0.1) is 0 Å². The van der Waals surface area contributed by atoms with E-state index < -0.39 is 10.0 Å². The highest BCUT2D eigenvalue weighted by molar-refractivity contribution is 7.89. The van der Waals surface area contributed by atoms with Gasteiger partial charge < -0.3 is 5.32 Å². The van der Waals surface area contributed by atoms with E-state index in [0.717, 1.165) is 13.0 Å². The molecular formula is C13H17N3O2S. The summed E-state index contributed by atoms with van der Waals surface area (Å²) < 4.78 is 26.6. The number of nitrogens with zero attached hydrogens (tertiary/aromatic N) is 1. The van der Waals surface area contributed by atoms with Gasteiger partial charge in [-0.25, -0.2) is 13.1 Å². The predicted octanol–water partition coefficient (Wildman–Crippen LogP) is 0.979. The van der Waals surface area contributed by atoms with Crippen molar-refractivity contribution in [3.63, 3.8) is 0 Å². The molecule has 1 aliphatic carbocycles. The van der Waals surface area contributed by atoms with E-state index in [4.69, 9.17) is 5.26 Å². The van der Waals surface area contributed by atoms with Gasteiger partial charge in [0, 0.05) is 12.6 Å². The highest BCUT2D eigenvalue weighted by Gasteiger charge is 2.20. The van der Waals surface area contributed by atoms with Gasteiger partial charge >= 0.3 is 0 Å². The minimum absolute atomic E-state index is 0.0488. The zero-order valence-electron chi connectivity index (χ0n) is 10.6. The van der Waals surface area contributed by atoms with Crippen molar-refractivity contribution in [3.05, 3.63) is 29.8 Å². The second-order valence-corrected chi connectivity index (χ2v) is 6.32. The fourth-order valence-corrected chi connectivity index (χ4v) is 2.99. The summed E-state index contributed by atoms with van der Waals surface area (Å²) in [5.41, 5.74) is 0.172. The summed E-state index contributed by atoms with van der Waals surface area (Å²) in [4.78, 5) is 0.0488. The molecule has 0 heterocycles. The summed E-state index contributed by atoms with van der Waals surface area (Å²) in [6, 6.07) is 8.75. The van der Waals surface area contributed by atoms with Gasteiger partial charge in [0.15, 0.2) is 0 Å². The number of nitriles is 1. The monoisotopic (exact) mass is 279 g/mol. The molecule has 0 radical (unpaired) electrons. The van der Waals surface area contributed by atoms with E-state index in [9.17, 15) is 8.42 Å². The summed E-state index contributed by atoms with van der Waals surface area (Å²) in [6.45, 7) is 1.19. The zero-order valence-corrected chi connectivity index (χ0v) is 11.4. The molecule has 0 unspecified atom stereocenters. The number of sulfonamides is 1. The first-order chi connectivity index (χ1) is 9.13. The Hall–Kier alpha value is -1.42. The molecule has 0 atom stereocenters. The molecule has 2 rings (SSSR count). The Morgan fingerprint density at radius 1 is 1.26 bits per heavy atom. The SMILES string of the molecule is N#Cc1ccccc1S(=O)(=O)NCCCNC1CC1. The number of rotatable bonds is 7. The number of hydrogen-bond donors (Lipinski definition) is 2. The first kappa shape index (κ1) is 14.0. The van der Waals surface area contributed by atoms with Crippen molar-refractivity contribution < 1.29 is 8.42 Å². The van der Waals surface area contributed by atoms with Crippen LogP contribution in [0.1, 0.15) is 24.8 Å². The minimum Gasteiger partial charge on any atom is -0.314 e. The smallest absolute Gasteiger partial charge is 0.241 e. The van der Waals surface area contributed by atoms with Crippen molar-refractivity contribution in [2.24, 2.45) is 0 Å². The topological polar surface area (TPSA) is 82.0 Å². The Balaban J connectivity index is 1.88. The molecule has 1 aliphatic rings. The Labute approximate surface area is 113 Å². The number of nitrogens with one attached hydrogen (secondary N) is 2. The normalized spacial score (nSPS) is 15.1. The lowest BCUT2D eigenvalue weighted by atomic mass is 10.2. The molecule has 1 aromatic rings. The second-order valence-electron chi connectivity index (χ2n) is 4.59. The predicted molar refractivity (Wildman–Crippen MR) is 72.0 cm³/mol. The van der Waals surface area contributed by atoms with E-state index in [1.807, 2.05) is 6.07 Å². The Morgan fingerprint density at radius 3 is 2.68 bits per heavy atom. The summed E-state index contributed by atoms with van der Waals surface area (Å²) in [5.74, 6) is 0. The van der Waals surface area contributed by atoms with Gasteiger partial charge in [0.1, 0.15) is 6.07 Å². The molecule has 6 heteroatoms. The molecule has 0 aliphatic heterocycles.